The smallest absolute Gasteiger partial charge is 0.270 e. The lowest BCUT2D eigenvalue weighted by molar-refractivity contribution is 0.0946. The van der Waals surface area contributed by atoms with Gasteiger partial charge in [0.15, 0.2) is 0 Å². The van der Waals surface area contributed by atoms with Crippen LogP contribution < -0.4 is 10.6 Å². The minimum Gasteiger partial charge on any atom is -0.383 e. The molecule has 2 heterocycles. The molecule has 3 aromatic rings. The summed E-state index contributed by atoms with van der Waals surface area (Å²) in [6.07, 6.45) is 5.97. The van der Waals surface area contributed by atoms with Crippen molar-refractivity contribution in [2.24, 2.45) is 0 Å². The van der Waals surface area contributed by atoms with Gasteiger partial charge in [-0.2, -0.15) is 0 Å². The van der Waals surface area contributed by atoms with Crippen LogP contribution in [-0.4, -0.2) is 22.4 Å². The fourth-order valence-electron chi connectivity index (χ4n) is 2.41. The molecule has 0 aliphatic carbocycles. The first-order valence-electron chi connectivity index (χ1n) is 8.32. The Morgan fingerprint density at radius 1 is 1.00 bits per heavy atom. The maximum Gasteiger partial charge on any atom is 0.270 e. The van der Waals surface area contributed by atoms with E-state index in [0.717, 1.165) is 29.2 Å². The Morgan fingerprint density at radius 3 is 2.54 bits per heavy atom. The molecule has 0 unspecified atom stereocenters. The first-order chi connectivity index (χ1) is 12.7. The quantitative estimate of drug-likeness (QED) is 0.668. The summed E-state index contributed by atoms with van der Waals surface area (Å²) >= 11 is 5.88. The van der Waals surface area contributed by atoms with Gasteiger partial charge in [0.1, 0.15) is 5.69 Å². The molecule has 0 fully saturated rings. The van der Waals surface area contributed by atoms with Gasteiger partial charge < -0.3 is 10.6 Å². The molecule has 3 rings (SSSR count). The zero-order valence-electron chi connectivity index (χ0n) is 14.2. The van der Waals surface area contributed by atoms with Crippen LogP contribution in [0, 0.1) is 0 Å². The highest BCUT2D eigenvalue weighted by atomic mass is 35.5. The second-order valence-electron chi connectivity index (χ2n) is 5.78. The summed E-state index contributed by atoms with van der Waals surface area (Å²) in [7, 11) is 0. The third-order valence-corrected chi connectivity index (χ3v) is 4.08. The number of nitrogens with one attached hydrogen (secondary N) is 2. The maximum absolute atomic E-state index is 12.1. The van der Waals surface area contributed by atoms with E-state index < -0.39 is 0 Å². The first kappa shape index (κ1) is 17.9. The fraction of sp³-hybridized carbons (Fsp3) is 0.150. The van der Waals surface area contributed by atoms with Crippen LogP contribution in [0.15, 0.2) is 67.1 Å². The van der Waals surface area contributed by atoms with Crippen LogP contribution in [0.3, 0.4) is 0 Å². The van der Waals surface area contributed by atoms with Crippen molar-refractivity contribution in [3.05, 3.63) is 89.0 Å². The van der Waals surface area contributed by atoms with Crippen molar-refractivity contribution < 1.29 is 4.79 Å². The lowest BCUT2D eigenvalue weighted by Crippen LogP contribution is -2.23. The summed E-state index contributed by atoms with van der Waals surface area (Å²) in [5.41, 5.74) is 3.42. The van der Waals surface area contributed by atoms with Crippen molar-refractivity contribution in [3.8, 4) is 0 Å². The number of pyridine rings is 2. The number of anilines is 1. The van der Waals surface area contributed by atoms with Crippen LogP contribution in [0.1, 0.15) is 21.6 Å². The molecule has 1 amide bonds. The van der Waals surface area contributed by atoms with E-state index in [1.54, 1.807) is 24.7 Å². The van der Waals surface area contributed by atoms with Crippen molar-refractivity contribution in [1.29, 1.82) is 0 Å². The number of carbonyl (C=O) groups is 1. The number of benzene rings is 1. The van der Waals surface area contributed by atoms with Crippen molar-refractivity contribution >= 4 is 23.2 Å². The van der Waals surface area contributed by atoms with Gasteiger partial charge in [0.25, 0.3) is 5.91 Å². The van der Waals surface area contributed by atoms with Crippen LogP contribution in [0.25, 0.3) is 0 Å². The van der Waals surface area contributed by atoms with Crippen molar-refractivity contribution in [3.63, 3.8) is 0 Å². The third kappa shape index (κ3) is 5.29. The second-order valence-corrected chi connectivity index (χ2v) is 6.22. The SMILES string of the molecule is O=C(NCc1cccnc1)c1ccc(NCCc2ccc(Cl)cc2)cn1. The molecule has 0 bridgehead atoms. The Kier molecular flexibility index (Phi) is 6.17. The Hall–Kier alpha value is -2.92. The number of rotatable bonds is 7. The monoisotopic (exact) mass is 366 g/mol. The Bertz CT molecular complexity index is 836. The number of hydrogen-bond donors (Lipinski definition) is 2. The van der Waals surface area contributed by atoms with Crippen LogP contribution in [0.5, 0.6) is 0 Å². The average Bonchev–Trinajstić information content (AvgIpc) is 2.69. The summed E-state index contributed by atoms with van der Waals surface area (Å²) < 4.78 is 0. The minimum absolute atomic E-state index is 0.207. The largest absolute Gasteiger partial charge is 0.383 e. The fourth-order valence-corrected chi connectivity index (χ4v) is 2.54. The van der Waals surface area contributed by atoms with Crippen molar-refractivity contribution in [2.75, 3.05) is 11.9 Å². The molecule has 5 nitrogen and oxygen atoms in total. The molecule has 6 heteroatoms. The van der Waals surface area contributed by atoms with E-state index in [9.17, 15) is 4.79 Å². The second kappa shape index (κ2) is 8.97. The van der Waals surface area contributed by atoms with Crippen molar-refractivity contribution in [2.45, 2.75) is 13.0 Å². The highest BCUT2D eigenvalue weighted by Gasteiger charge is 2.06. The number of aromatic nitrogens is 2. The molecular formula is C20H19ClN4O. The molecule has 1 aromatic carbocycles. The van der Waals surface area contributed by atoms with Crippen LogP contribution >= 0.6 is 11.6 Å². The predicted molar refractivity (Wildman–Crippen MR) is 103 cm³/mol. The molecular weight excluding hydrogens is 348 g/mol. The highest BCUT2D eigenvalue weighted by molar-refractivity contribution is 6.30. The number of carbonyl (C=O) groups excluding carboxylic acids is 1. The lowest BCUT2D eigenvalue weighted by Gasteiger charge is -2.08. The van der Waals surface area contributed by atoms with Gasteiger partial charge in [0.2, 0.25) is 0 Å². The first-order valence-corrected chi connectivity index (χ1v) is 8.70. The van der Waals surface area contributed by atoms with E-state index in [1.807, 2.05) is 42.5 Å². The van der Waals surface area contributed by atoms with Gasteiger partial charge in [-0.1, -0.05) is 29.8 Å². The van der Waals surface area contributed by atoms with Crippen LogP contribution in [0.4, 0.5) is 5.69 Å². The molecule has 0 radical (unpaired) electrons. The summed E-state index contributed by atoms with van der Waals surface area (Å²) in [6.45, 7) is 1.20. The molecule has 0 spiro atoms. The van der Waals surface area contributed by atoms with Gasteiger partial charge in [-0.15, -0.1) is 0 Å². The highest BCUT2D eigenvalue weighted by Crippen LogP contribution is 2.11. The molecule has 0 saturated carbocycles. The lowest BCUT2D eigenvalue weighted by atomic mass is 10.1. The average molecular weight is 367 g/mol. The molecule has 0 aliphatic heterocycles. The Balaban J connectivity index is 1.46. The molecule has 0 aliphatic rings. The van der Waals surface area contributed by atoms with Gasteiger partial charge in [0, 0.05) is 30.5 Å². The third-order valence-electron chi connectivity index (χ3n) is 3.83. The van der Waals surface area contributed by atoms with Gasteiger partial charge in [0.05, 0.1) is 11.9 Å². The number of amides is 1. The number of hydrogen-bond acceptors (Lipinski definition) is 4. The van der Waals surface area contributed by atoms with Gasteiger partial charge >= 0.3 is 0 Å². The summed E-state index contributed by atoms with van der Waals surface area (Å²) in [5, 5.41) is 6.87. The molecule has 0 saturated heterocycles. The van der Waals surface area contributed by atoms with Crippen molar-refractivity contribution in [1.82, 2.24) is 15.3 Å². The van der Waals surface area contributed by atoms with E-state index in [4.69, 9.17) is 11.6 Å². The van der Waals surface area contributed by atoms with Gasteiger partial charge in [-0.3, -0.25) is 9.78 Å². The zero-order valence-corrected chi connectivity index (χ0v) is 14.9. The maximum atomic E-state index is 12.1. The van der Waals surface area contributed by atoms with Gasteiger partial charge in [-0.25, -0.2) is 4.98 Å². The Labute approximate surface area is 157 Å². The zero-order chi connectivity index (χ0) is 18.2. The molecule has 26 heavy (non-hydrogen) atoms. The number of halogens is 1. The van der Waals surface area contributed by atoms with E-state index in [-0.39, 0.29) is 5.91 Å². The molecule has 2 N–H and O–H groups in total. The van der Waals surface area contributed by atoms with E-state index >= 15 is 0 Å². The summed E-state index contributed by atoms with van der Waals surface area (Å²) in [4.78, 5) is 20.4. The molecule has 0 atom stereocenters. The topological polar surface area (TPSA) is 66.9 Å². The van der Waals surface area contributed by atoms with Crippen LogP contribution in [-0.2, 0) is 13.0 Å². The predicted octanol–water partition coefficient (Wildman–Crippen LogP) is 3.71. The Morgan fingerprint density at radius 2 is 1.85 bits per heavy atom. The van der Waals surface area contributed by atoms with E-state index in [2.05, 4.69) is 20.6 Å². The molecule has 2 aromatic heterocycles. The van der Waals surface area contributed by atoms with E-state index in [0.29, 0.717) is 12.2 Å². The van der Waals surface area contributed by atoms with Crippen LogP contribution in [0.2, 0.25) is 5.02 Å². The van der Waals surface area contributed by atoms with E-state index in [1.165, 1.54) is 5.56 Å². The summed E-state index contributed by atoms with van der Waals surface area (Å²) in [6, 6.07) is 15.1. The minimum atomic E-state index is -0.207. The van der Waals surface area contributed by atoms with Gasteiger partial charge in [-0.05, 0) is 47.9 Å². The molecule has 132 valence electrons. The normalized spacial score (nSPS) is 10.3. The summed E-state index contributed by atoms with van der Waals surface area (Å²) in [5.74, 6) is -0.207. The standard InChI is InChI=1S/C20H19ClN4O/c21-17-5-3-15(4-6-17)9-11-23-18-7-8-19(24-14-18)20(26)25-13-16-2-1-10-22-12-16/h1-8,10,12,14,23H,9,11,13H2,(H,25,26). The number of nitrogens with zero attached hydrogens (tertiary/aromatic N) is 2.